The average Bonchev–Trinajstić information content (AvgIpc) is 2.38. The Balaban J connectivity index is 2.51. The lowest BCUT2D eigenvalue weighted by molar-refractivity contribution is 0.0892. The van der Waals surface area contributed by atoms with E-state index in [1.165, 1.54) is 12.8 Å². The zero-order valence-corrected chi connectivity index (χ0v) is 11.4. The summed E-state index contributed by atoms with van der Waals surface area (Å²) in [5, 5.41) is 8.89. The highest BCUT2D eigenvalue weighted by molar-refractivity contribution is 5.45. The molecule has 0 aliphatic rings. The molecule has 98 valence electrons. The number of ether oxygens (including phenoxy) is 2. The molecule has 0 amide bonds. The van der Waals surface area contributed by atoms with Crippen molar-refractivity contribution in [2.24, 2.45) is 5.92 Å². The topological polar surface area (TPSA) is 42.2 Å². The van der Waals surface area contributed by atoms with E-state index in [1.54, 1.807) is 13.2 Å². The Morgan fingerprint density at radius 2 is 2.17 bits per heavy atom. The Hall–Kier alpha value is -1.53. The highest BCUT2D eigenvalue weighted by Crippen LogP contribution is 2.20. The SMILES string of the molecule is CCCC(C)COCc1ccc(C#N)c(OC)c1. The van der Waals surface area contributed by atoms with Crippen LogP contribution in [-0.4, -0.2) is 13.7 Å². The van der Waals surface area contributed by atoms with Gasteiger partial charge in [-0.25, -0.2) is 0 Å². The van der Waals surface area contributed by atoms with Crippen molar-refractivity contribution in [1.29, 1.82) is 5.26 Å². The van der Waals surface area contributed by atoms with E-state index in [0.717, 1.165) is 12.2 Å². The van der Waals surface area contributed by atoms with Crippen LogP contribution in [0.5, 0.6) is 5.75 Å². The molecule has 0 heterocycles. The number of methoxy groups -OCH3 is 1. The lowest BCUT2D eigenvalue weighted by Gasteiger charge is -2.11. The fourth-order valence-electron chi connectivity index (χ4n) is 1.87. The fraction of sp³-hybridized carbons (Fsp3) is 0.533. The van der Waals surface area contributed by atoms with E-state index in [2.05, 4.69) is 19.9 Å². The normalized spacial score (nSPS) is 11.9. The molecule has 0 aliphatic heterocycles. The molecule has 0 fully saturated rings. The van der Waals surface area contributed by atoms with Gasteiger partial charge in [-0.15, -0.1) is 0 Å². The molecule has 0 bridgehead atoms. The van der Waals surface area contributed by atoms with E-state index in [0.29, 0.717) is 23.8 Å². The summed E-state index contributed by atoms with van der Waals surface area (Å²) in [6.45, 7) is 5.72. The Morgan fingerprint density at radius 1 is 1.39 bits per heavy atom. The third-order valence-electron chi connectivity index (χ3n) is 2.84. The van der Waals surface area contributed by atoms with Gasteiger partial charge in [0, 0.05) is 6.61 Å². The quantitative estimate of drug-likeness (QED) is 0.740. The summed E-state index contributed by atoms with van der Waals surface area (Å²) in [6, 6.07) is 7.64. The molecule has 0 spiro atoms. The highest BCUT2D eigenvalue weighted by atomic mass is 16.5. The molecule has 0 radical (unpaired) electrons. The van der Waals surface area contributed by atoms with Gasteiger partial charge < -0.3 is 9.47 Å². The molecule has 0 saturated carbocycles. The van der Waals surface area contributed by atoms with Gasteiger partial charge >= 0.3 is 0 Å². The van der Waals surface area contributed by atoms with Gasteiger partial charge in [-0.2, -0.15) is 5.26 Å². The molecular weight excluding hydrogens is 226 g/mol. The van der Waals surface area contributed by atoms with Crippen LogP contribution in [0.2, 0.25) is 0 Å². The van der Waals surface area contributed by atoms with E-state index >= 15 is 0 Å². The molecule has 0 saturated heterocycles. The lowest BCUT2D eigenvalue weighted by atomic mass is 10.1. The molecular formula is C15H21NO2. The molecule has 18 heavy (non-hydrogen) atoms. The van der Waals surface area contributed by atoms with Crippen LogP contribution in [0.3, 0.4) is 0 Å². The molecule has 1 rings (SSSR count). The van der Waals surface area contributed by atoms with Crippen LogP contribution < -0.4 is 4.74 Å². The Kier molecular flexibility index (Phi) is 6.24. The van der Waals surface area contributed by atoms with E-state index in [9.17, 15) is 0 Å². The zero-order valence-electron chi connectivity index (χ0n) is 11.4. The van der Waals surface area contributed by atoms with E-state index in [4.69, 9.17) is 14.7 Å². The predicted molar refractivity (Wildman–Crippen MR) is 71.4 cm³/mol. The second-order valence-corrected chi connectivity index (χ2v) is 4.56. The van der Waals surface area contributed by atoms with Gasteiger partial charge in [-0.3, -0.25) is 0 Å². The number of nitrogens with zero attached hydrogens (tertiary/aromatic N) is 1. The summed E-state index contributed by atoms with van der Waals surface area (Å²) in [7, 11) is 1.57. The highest BCUT2D eigenvalue weighted by Gasteiger charge is 2.05. The third-order valence-corrected chi connectivity index (χ3v) is 2.84. The van der Waals surface area contributed by atoms with Gasteiger partial charge in [0.1, 0.15) is 11.8 Å². The third kappa shape index (κ3) is 4.38. The number of hydrogen-bond acceptors (Lipinski definition) is 3. The van der Waals surface area contributed by atoms with Gasteiger partial charge in [-0.1, -0.05) is 26.3 Å². The Morgan fingerprint density at radius 3 is 2.78 bits per heavy atom. The largest absolute Gasteiger partial charge is 0.495 e. The average molecular weight is 247 g/mol. The number of hydrogen-bond donors (Lipinski definition) is 0. The van der Waals surface area contributed by atoms with Crippen molar-refractivity contribution < 1.29 is 9.47 Å². The molecule has 1 atom stereocenters. The number of benzene rings is 1. The van der Waals surface area contributed by atoms with Crippen molar-refractivity contribution in [1.82, 2.24) is 0 Å². The molecule has 3 nitrogen and oxygen atoms in total. The van der Waals surface area contributed by atoms with E-state index < -0.39 is 0 Å². The van der Waals surface area contributed by atoms with Crippen LogP contribution in [0.25, 0.3) is 0 Å². The molecule has 3 heteroatoms. The van der Waals surface area contributed by atoms with Crippen molar-refractivity contribution in [3.63, 3.8) is 0 Å². The summed E-state index contributed by atoms with van der Waals surface area (Å²) >= 11 is 0. The first-order valence-corrected chi connectivity index (χ1v) is 6.36. The maximum atomic E-state index is 8.89. The van der Waals surface area contributed by atoms with Crippen LogP contribution in [0.1, 0.15) is 37.8 Å². The predicted octanol–water partition coefficient (Wildman–Crippen LogP) is 3.52. The molecule has 0 aliphatic carbocycles. The lowest BCUT2D eigenvalue weighted by Crippen LogP contribution is -2.05. The van der Waals surface area contributed by atoms with E-state index in [1.807, 2.05) is 12.1 Å². The monoisotopic (exact) mass is 247 g/mol. The second-order valence-electron chi connectivity index (χ2n) is 4.56. The molecule has 1 aromatic rings. The fourth-order valence-corrected chi connectivity index (χ4v) is 1.87. The summed E-state index contributed by atoms with van der Waals surface area (Å²) in [5.74, 6) is 1.20. The maximum absolute atomic E-state index is 8.89. The van der Waals surface area contributed by atoms with Crippen LogP contribution in [0, 0.1) is 17.2 Å². The standard InChI is InChI=1S/C15H21NO2/c1-4-5-12(2)10-18-11-13-6-7-14(9-16)15(8-13)17-3/h6-8,12H,4-5,10-11H2,1-3H3. The minimum Gasteiger partial charge on any atom is -0.495 e. The van der Waals surface area contributed by atoms with Crippen LogP contribution in [0.4, 0.5) is 0 Å². The van der Waals surface area contributed by atoms with Crippen molar-refractivity contribution >= 4 is 0 Å². The number of nitriles is 1. The maximum Gasteiger partial charge on any atom is 0.136 e. The first kappa shape index (κ1) is 14.5. The van der Waals surface area contributed by atoms with Gasteiger partial charge in [0.2, 0.25) is 0 Å². The first-order valence-electron chi connectivity index (χ1n) is 6.36. The summed E-state index contributed by atoms with van der Waals surface area (Å²) in [6.07, 6.45) is 2.38. The van der Waals surface area contributed by atoms with E-state index in [-0.39, 0.29) is 0 Å². The zero-order chi connectivity index (χ0) is 13.4. The Bertz CT molecular complexity index is 409. The van der Waals surface area contributed by atoms with Gasteiger partial charge in [0.25, 0.3) is 0 Å². The minimum absolute atomic E-state index is 0.556. The Labute approximate surface area is 109 Å². The van der Waals surface area contributed by atoms with Crippen molar-refractivity contribution in [2.45, 2.75) is 33.3 Å². The second kappa shape index (κ2) is 7.73. The molecule has 1 aromatic carbocycles. The smallest absolute Gasteiger partial charge is 0.136 e. The van der Waals surface area contributed by atoms with Crippen LogP contribution >= 0.6 is 0 Å². The van der Waals surface area contributed by atoms with Gasteiger partial charge in [0.05, 0.1) is 19.3 Å². The molecule has 0 aromatic heterocycles. The van der Waals surface area contributed by atoms with Crippen LogP contribution in [0.15, 0.2) is 18.2 Å². The van der Waals surface area contributed by atoms with Gasteiger partial charge in [0.15, 0.2) is 0 Å². The summed E-state index contributed by atoms with van der Waals surface area (Å²) < 4.78 is 10.8. The van der Waals surface area contributed by atoms with Crippen LogP contribution in [-0.2, 0) is 11.3 Å². The first-order chi connectivity index (χ1) is 8.71. The van der Waals surface area contributed by atoms with Gasteiger partial charge in [-0.05, 0) is 30.0 Å². The minimum atomic E-state index is 0.556. The summed E-state index contributed by atoms with van der Waals surface area (Å²) in [4.78, 5) is 0. The van der Waals surface area contributed by atoms with Crippen molar-refractivity contribution in [3.8, 4) is 11.8 Å². The summed E-state index contributed by atoms with van der Waals surface area (Å²) in [5.41, 5.74) is 1.59. The van der Waals surface area contributed by atoms with Crippen molar-refractivity contribution in [3.05, 3.63) is 29.3 Å². The van der Waals surface area contributed by atoms with Crippen molar-refractivity contribution in [2.75, 3.05) is 13.7 Å². The molecule has 1 unspecified atom stereocenters. The number of rotatable bonds is 7. The molecule has 0 N–H and O–H groups in total.